The predicted octanol–water partition coefficient (Wildman–Crippen LogP) is 5.15. The number of carbonyl (C=O) groups is 3. The maximum atomic E-state index is 13.1. The first-order valence-electron chi connectivity index (χ1n) is 11.7. The summed E-state index contributed by atoms with van der Waals surface area (Å²) in [7, 11) is 0. The molecule has 7 nitrogen and oxygen atoms in total. The number of carbonyl (C=O) groups excluding carboxylic acids is 3. The van der Waals surface area contributed by atoms with E-state index in [-0.39, 0.29) is 11.1 Å². The molecule has 0 saturated heterocycles. The van der Waals surface area contributed by atoms with Gasteiger partial charge in [-0.3, -0.25) is 4.79 Å². The summed E-state index contributed by atoms with van der Waals surface area (Å²) >= 11 is 0. The standard InChI is InChI=1S/C29H31NO6/c1-19(30-28(34)36-29(2,3)4)24(31)22-17-11-12-18-23(22)25(32)27(33)35-26(20-13-7-5-8-14-20)21-15-9-6-10-16-21/h5-19,25-26,32H,1-4H3,(H,30,34)/t19-,25?/m0/s1. The molecule has 0 fully saturated rings. The smallest absolute Gasteiger partial charge is 0.408 e. The molecule has 7 heteroatoms. The van der Waals surface area contributed by atoms with E-state index in [9.17, 15) is 19.5 Å². The van der Waals surface area contributed by atoms with E-state index in [1.807, 2.05) is 60.7 Å². The van der Waals surface area contributed by atoms with E-state index in [4.69, 9.17) is 9.47 Å². The quantitative estimate of drug-likeness (QED) is 0.335. The third-order valence-electron chi connectivity index (χ3n) is 5.31. The highest BCUT2D eigenvalue weighted by molar-refractivity contribution is 6.03. The number of nitrogens with one attached hydrogen (secondary N) is 1. The highest BCUT2D eigenvalue weighted by Crippen LogP contribution is 2.29. The van der Waals surface area contributed by atoms with E-state index in [2.05, 4.69) is 5.32 Å². The van der Waals surface area contributed by atoms with Crippen LogP contribution in [0.15, 0.2) is 84.9 Å². The topological polar surface area (TPSA) is 102 Å². The van der Waals surface area contributed by atoms with Crippen molar-refractivity contribution in [2.75, 3.05) is 0 Å². The summed E-state index contributed by atoms with van der Waals surface area (Å²) in [6.45, 7) is 6.66. The van der Waals surface area contributed by atoms with Crippen LogP contribution in [-0.4, -0.2) is 34.6 Å². The van der Waals surface area contributed by atoms with Gasteiger partial charge in [0.15, 0.2) is 18.0 Å². The number of benzene rings is 3. The summed E-state index contributed by atoms with van der Waals surface area (Å²) in [5.41, 5.74) is 0.943. The van der Waals surface area contributed by atoms with Crippen molar-refractivity contribution in [3.63, 3.8) is 0 Å². The van der Waals surface area contributed by atoms with Crippen LogP contribution in [0.25, 0.3) is 0 Å². The van der Waals surface area contributed by atoms with Gasteiger partial charge < -0.3 is 19.9 Å². The van der Waals surface area contributed by atoms with Crippen LogP contribution in [0.2, 0.25) is 0 Å². The maximum Gasteiger partial charge on any atom is 0.408 e. The van der Waals surface area contributed by atoms with Crippen LogP contribution in [0.1, 0.15) is 67.0 Å². The fourth-order valence-corrected chi connectivity index (χ4v) is 3.63. The van der Waals surface area contributed by atoms with Gasteiger partial charge in [0.1, 0.15) is 5.60 Å². The Morgan fingerprint density at radius 2 is 1.31 bits per heavy atom. The molecule has 0 aliphatic rings. The number of hydrogen-bond acceptors (Lipinski definition) is 6. The fourth-order valence-electron chi connectivity index (χ4n) is 3.63. The van der Waals surface area contributed by atoms with Crippen LogP contribution in [-0.2, 0) is 14.3 Å². The van der Waals surface area contributed by atoms with Gasteiger partial charge in [-0.25, -0.2) is 9.59 Å². The molecule has 2 N–H and O–H groups in total. The van der Waals surface area contributed by atoms with Gasteiger partial charge in [0.2, 0.25) is 0 Å². The maximum absolute atomic E-state index is 13.1. The van der Waals surface area contributed by atoms with Crippen molar-refractivity contribution in [3.8, 4) is 0 Å². The lowest BCUT2D eigenvalue weighted by atomic mass is 9.95. The van der Waals surface area contributed by atoms with Gasteiger partial charge >= 0.3 is 12.1 Å². The molecule has 0 aliphatic heterocycles. The van der Waals surface area contributed by atoms with E-state index >= 15 is 0 Å². The lowest BCUT2D eigenvalue weighted by Gasteiger charge is -2.23. The fraction of sp³-hybridized carbons (Fsp3) is 0.276. The number of hydrogen-bond donors (Lipinski definition) is 2. The van der Waals surface area contributed by atoms with E-state index in [1.165, 1.54) is 19.1 Å². The Bertz CT molecular complexity index is 1150. The highest BCUT2D eigenvalue weighted by atomic mass is 16.6. The van der Waals surface area contributed by atoms with E-state index in [0.29, 0.717) is 0 Å². The molecule has 1 amide bonds. The summed E-state index contributed by atoms with van der Waals surface area (Å²) < 4.78 is 11.0. The molecule has 3 aromatic rings. The third-order valence-corrected chi connectivity index (χ3v) is 5.31. The number of aliphatic hydroxyl groups excluding tert-OH is 1. The Morgan fingerprint density at radius 3 is 1.83 bits per heavy atom. The number of rotatable bonds is 8. The van der Waals surface area contributed by atoms with E-state index < -0.39 is 41.7 Å². The van der Waals surface area contributed by atoms with Crippen LogP contribution < -0.4 is 5.32 Å². The summed E-state index contributed by atoms with van der Waals surface area (Å²) in [4.78, 5) is 38.3. The lowest BCUT2D eigenvalue weighted by molar-refractivity contribution is -0.158. The van der Waals surface area contributed by atoms with Crippen molar-refractivity contribution in [2.24, 2.45) is 0 Å². The first-order valence-corrected chi connectivity index (χ1v) is 11.7. The lowest BCUT2D eigenvalue weighted by Crippen LogP contribution is -2.42. The van der Waals surface area contributed by atoms with Crippen LogP contribution in [0.4, 0.5) is 4.79 Å². The Labute approximate surface area is 211 Å². The van der Waals surface area contributed by atoms with Crippen molar-refractivity contribution in [2.45, 2.75) is 51.5 Å². The minimum atomic E-state index is -1.71. The van der Waals surface area contributed by atoms with Crippen molar-refractivity contribution < 1.29 is 29.0 Å². The van der Waals surface area contributed by atoms with Gasteiger partial charge in [0, 0.05) is 11.1 Å². The number of esters is 1. The van der Waals surface area contributed by atoms with Crippen molar-refractivity contribution >= 4 is 17.8 Å². The zero-order valence-corrected chi connectivity index (χ0v) is 20.8. The first kappa shape index (κ1) is 26.6. The molecule has 3 aromatic carbocycles. The normalized spacial score (nSPS) is 12.9. The SMILES string of the molecule is C[C@H](NC(=O)OC(C)(C)C)C(=O)c1ccccc1C(O)C(=O)OC(c1ccccc1)c1ccccc1. The summed E-state index contributed by atoms with van der Waals surface area (Å²) in [5, 5.41) is 13.4. The number of amides is 1. The molecule has 36 heavy (non-hydrogen) atoms. The summed E-state index contributed by atoms with van der Waals surface area (Å²) in [5.74, 6) is -1.38. The second kappa shape index (κ2) is 11.6. The van der Waals surface area contributed by atoms with Crippen molar-refractivity contribution in [1.29, 1.82) is 0 Å². The molecule has 0 aliphatic carbocycles. The molecule has 188 valence electrons. The van der Waals surface area contributed by atoms with Crippen molar-refractivity contribution in [1.82, 2.24) is 5.32 Å². The third kappa shape index (κ3) is 7.02. The highest BCUT2D eigenvalue weighted by Gasteiger charge is 2.30. The monoisotopic (exact) mass is 489 g/mol. The van der Waals surface area contributed by atoms with E-state index in [0.717, 1.165) is 11.1 Å². The molecule has 1 unspecified atom stereocenters. The Kier molecular flexibility index (Phi) is 8.61. The number of ether oxygens (including phenoxy) is 2. The Hall–Kier alpha value is -3.97. The number of alkyl carbamates (subject to hydrolysis) is 1. The molecule has 0 spiro atoms. The Balaban J connectivity index is 1.81. The van der Waals surface area contributed by atoms with Crippen LogP contribution >= 0.6 is 0 Å². The molecule has 3 rings (SSSR count). The van der Waals surface area contributed by atoms with Gasteiger partial charge in [0.25, 0.3) is 0 Å². The second-order valence-corrected chi connectivity index (χ2v) is 9.36. The van der Waals surface area contributed by atoms with Crippen LogP contribution in [0.3, 0.4) is 0 Å². The summed E-state index contributed by atoms with van der Waals surface area (Å²) in [6.07, 6.45) is -3.20. The zero-order valence-electron chi connectivity index (χ0n) is 20.8. The predicted molar refractivity (Wildman–Crippen MR) is 135 cm³/mol. The van der Waals surface area contributed by atoms with Gasteiger partial charge in [0.05, 0.1) is 6.04 Å². The van der Waals surface area contributed by atoms with Gasteiger partial charge in [-0.05, 0) is 38.8 Å². The van der Waals surface area contributed by atoms with Gasteiger partial charge in [-0.2, -0.15) is 0 Å². The first-order chi connectivity index (χ1) is 17.1. The number of Topliss-reactive ketones (excluding diaryl/α,β-unsaturated/α-hetero) is 1. The Morgan fingerprint density at radius 1 is 0.806 bits per heavy atom. The molecule has 0 heterocycles. The molecule has 2 atom stereocenters. The van der Waals surface area contributed by atoms with Crippen LogP contribution in [0, 0.1) is 0 Å². The molecule has 0 bridgehead atoms. The molecular formula is C29H31NO6. The molecular weight excluding hydrogens is 458 g/mol. The molecule has 0 aromatic heterocycles. The largest absolute Gasteiger partial charge is 0.450 e. The minimum absolute atomic E-state index is 0.0882. The van der Waals surface area contributed by atoms with Gasteiger partial charge in [-0.1, -0.05) is 84.9 Å². The average Bonchev–Trinajstić information content (AvgIpc) is 2.86. The molecule has 0 saturated carbocycles. The molecule has 0 radical (unpaired) electrons. The number of ketones is 1. The van der Waals surface area contributed by atoms with Crippen LogP contribution in [0.5, 0.6) is 0 Å². The average molecular weight is 490 g/mol. The number of aliphatic hydroxyl groups is 1. The zero-order chi connectivity index (χ0) is 26.3. The van der Waals surface area contributed by atoms with E-state index in [1.54, 1.807) is 32.9 Å². The second-order valence-electron chi connectivity index (χ2n) is 9.36. The minimum Gasteiger partial charge on any atom is -0.450 e. The summed E-state index contributed by atoms with van der Waals surface area (Å²) in [6, 6.07) is 23.6. The van der Waals surface area contributed by atoms with Gasteiger partial charge in [-0.15, -0.1) is 0 Å². The van der Waals surface area contributed by atoms with Crippen molar-refractivity contribution in [3.05, 3.63) is 107 Å².